The van der Waals surface area contributed by atoms with Gasteiger partial charge in [-0.25, -0.2) is 9.37 Å². The van der Waals surface area contributed by atoms with Crippen LogP contribution in [0, 0.1) is 11.7 Å². The van der Waals surface area contributed by atoms with Crippen LogP contribution in [0.1, 0.15) is 43.5 Å². The molecule has 4 rings (SSSR count). The lowest BCUT2D eigenvalue weighted by Gasteiger charge is -2.33. The van der Waals surface area contributed by atoms with Crippen LogP contribution in [-0.4, -0.2) is 39.6 Å². The molecule has 2 heterocycles. The lowest BCUT2D eigenvalue weighted by molar-refractivity contribution is -0.140. The van der Waals surface area contributed by atoms with E-state index in [1.54, 1.807) is 18.3 Å². The Morgan fingerprint density at radius 2 is 2.04 bits per heavy atom. The van der Waals surface area contributed by atoms with Gasteiger partial charge in [0.15, 0.2) is 0 Å². The third-order valence-electron chi connectivity index (χ3n) is 5.61. The van der Waals surface area contributed by atoms with Gasteiger partial charge in [0.2, 0.25) is 5.91 Å². The molecule has 2 aliphatic rings. The molecule has 1 aromatic heterocycles. The summed E-state index contributed by atoms with van der Waals surface area (Å²) in [7, 11) is 0. The number of carbonyl (C=O) groups excluding carboxylic acids is 1. The zero-order valence-corrected chi connectivity index (χ0v) is 15.5. The van der Waals surface area contributed by atoms with Gasteiger partial charge in [-0.15, -0.1) is 0 Å². The Morgan fingerprint density at radius 3 is 2.70 bits per heavy atom. The molecule has 1 saturated heterocycles. The van der Waals surface area contributed by atoms with E-state index in [9.17, 15) is 9.18 Å². The predicted octanol–water partition coefficient (Wildman–Crippen LogP) is 3.38. The van der Waals surface area contributed by atoms with Gasteiger partial charge in [-0.2, -0.15) is 0 Å². The second kappa shape index (κ2) is 8.21. The van der Waals surface area contributed by atoms with Crippen LogP contribution < -0.4 is 0 Å². The van der Waals surface area contributed by atoms with Crippen molar-refractivity contribution in [3.8, 4) is 0 Å². The molecular formula is C21H26FN3O2. The molecule has 1 aromatic carbocycles. The Kier molecular flexibility index (Phi) is 5.53. The quantitative estimate of drug-likeness (QED) is 0.750. The highest BCUT2D eigenvalue weighted by Crippen LogP contribution is 2.29. The second-order valence-electron chi connectivity index (χ2n) is 7.58. The molecule has 5 nitrogen and oxygen atoms in total. The first-order chi connectivity index (χ1) is 13.2. The van der Waals surface area contributed by atoms with Crippen molar-refractivity contribution in [2.75, 3.05) is 13.2 Å². The zero-order valence-electron chi connectivity index (χ0n) is 15.5. The molecule has 1 saturated carbocycles. The van der Waals surface area contributed by atoms with Crippen LogP contribution in [0.15, 0.2) is 36.7 Å². The molecule has 2 aromatic rings. The Labute approximate surface area is 159 Å². The molecule has 0 radical (unpaired) electrons. The predicted molar refractivity (Wildman–Crippen MR) is 99.5 cm³/mol. The van der Waals surface area contributed by atoms with Gasteiger partial charge in [-0.3, -0.25) is 4.79 Å². The Bertz CT molecular complexity index is 764. The minimum atomic E-state index is -0.238. The lowest BCUT2D eigenvalue weighted by Crippen LogP contribution is -2.42. The van der Waals surface area contributed by atoms with Crippen molar-refractivity contribution in [2.45, 2.75) is 51.3 Å². The van der Waals surface area contributed by atoms with Gasteiger partial charge < -0.3 is 14.2 Å². The Balaban J connectivity index is 1.47. The van der Waals surface area contributed by atoms with Crippen LogP contribution in [0.2, 0.25) is 0 Å². The highest BCUT2D eigenvalue weighted by Gasteiger charge is 2.32. The molecular weight excluding hydrogens is 345 g/mol. The minimum Gasteiger partial charge on any atom is -0.376 e. The number of benzene rings is 1. The van der Waals surface area contributed by atoms with Crippen LogP contribution in [0.25, 0.3) is 0 Å². The second-order valence-corrected chi connectivity index (χ2v) is 7.58. The van der Waals surface area contributed by atoms with Gasteiger partial charge in [0.1, 0.15) is 11.6 Å². The van der Waals surface area contributed by atoms with E-state index in [-0.39, 0.29) is 23.7 Å². The topological polar surface area (TPSA) is 47.4 Å². The van der Waals surface area contributed by atoms with E-state index in [0.717, 1.165) is 50.1 Å². The fourth-order valence-corrected chi connectivity index (χ4v) is 3.77. The standard InChI is InChI=1S/C21H26FN3O2/c22-18-8-6-16(7-9-18)13-24-11-10-23-20(24)15-25(14-19-5-2-12-27-19)21(26)17-3-1-4-17/h6-11,17,19H,1-5,12-15H2/t19-/m1/s1. The number of aromatic nitrogens is 2. The summed E-state index contributed by atoms with van der Waals surface area (Å²) in [4.78, 5) is 19.4. The van der Waals surface area contributed by atoms with Crippen molar-refractivity contribution in [1.82, 2.24) is 14.5 Å². The largest absolute Gasteiger partial charge is 0.376 e. The van der Waals surface area contributed by atoms with Gasteiger partial charge in [0.05, 0.1) is 12.6 Å². The summed E-state index contributed by atoms with van der Waals surface area (Å²) in [6, 6.07) is 6.50. The third-order valence-corrected chi connectivity index (χ3v) is 5.61. The maximum absolute atomic E-state index is 13.1. The highest BCUT2D eigenvalue weighted by molar-refractivity contribution is 5.79. The van der Waals surface area contributed by atoms with E-state index >= 15 is 0 Å². The number of imidazole rings is 1. The molecule has 0 unspecified atom stereocenters. The number of rotatable bonds is 7. The van der Waals surface area contributed by atoms with Gasteiger partial charge in [-0.05, 0) is 43.4 Å². The summed E-state index contributed by atoms with van der Waals surface area (Å²) >= 11 is 0. The first-order valence-corrected chi connectivity index (χ1v) is 9.84. The highest BCUT2D eigenvalue weighted by atomic mass is 19.1. The molecule has 2 fully saturated rings. The summed E-state index contributed by atoms with van der Waals surface area (Å²) in [6.45, 7) is 2.53. The number of nitrogens with zero attached hydrogens (tertiary/aromatic N) is 3. The summed E-state index contributed by atoms with van der Waals surface area (Å²) in [5.74, 6) is 1.00. The summed E-state index contributed by atoms with van der Waals surface area (Å²) < 4.78 is 20.9. The van der Waals surface area contributed by atoms with Crippen LogP contribution in [0.3, 0.4) is 0 Å². The van der Waals surface area contributed by atoms with Crippen LogP contribution in [0.4, 0.5) is 4.39 Å². The van der Waals surface area contributed by atoms with E-state index in [4.69, 9.17) is 4.74 Å². The first-order valence-electron chi connectivity index (χ1n) is 9.84. The Hall–Kier alpha value is -2.21. The van der Waals surface area contributed by atoms with E-state index in [2.05, 4.69) is 4.98 Å². The molecule has 0 bridgehead atoms. The van der Waals surface area contributed by atoms with Crippen molar-refractivity contribution < 1.29 is 13.9 Å². The molecule has 1 aliphatic carbocycles. The Morgan fingerprint density at radius 1 is 1.22 bits per heavy atom. The summed E-state index contributed by atoms with van der Waals surface area (Å²) in [6.07, 6.45) is 9.01. The number of ether oxygens (including phenoxy) is 1. The van der Waals surface area contributed by atoms with Crippen molar-refractivity contribution in [2.24, 2.45) is 5.92 Å². The number of carbonyl (C=O) groups is 1. The van der Waals surface area contributed by atoms with Crippen LogP contribution in [0.5, 0.6) is 0 Å². The molecule has 1 amide bonds. The normalized spacial score (nSPS) is 19.8. The molecule has 1 atom stereocenters. The zero-order chi connectivity index (χ0) is 18.6. The van der Waals surface area contributed by atoms with Gasteiger partial charge in [-0.1, -0.05) is 18.6 Å². The molecule has 1 aliphatic heterocycles. The van der Waals surface area contributed by atoms with Gasteiger partial charge >= 0.3 is 0 Å². The monoisotopic (exact) mass is 371 g/mol. The molecule has 0 N–H and O–H groups in total. The average Bonchev–Trinajstić information content (AvgIpc) is 3.27. The van der Waals surface area contributed by atoms with E-state index < -0.39 is 0 Å². The molecule has 6 heteroatoms. The van der Waals surface area contributed by atoms with E-state index in [1.807, 2.05) is 15.7 Å². The lowest BCUT2D eigenvalue weighted by atomic mass is 9.84. The van der Waals surface area contributed by atoms with Crippen LogP contribution >= 0.6 is 0 Å². The van der Waals surface area contributed by atoms with Crippen LogP contribution in [-0.2, 0) is 22.6 Å². The minimum absolute atomic E-state index is 0.134. The maximum atomic E-state index is 13.1. The number of halogens is 1. The number of hydrogen-bond donors (Lipinski definition) is 0. The molecule has 0 spiro atoms. The third kappa shape index (κ3) is 4.38. The summed E-state index contributed by atoms with van der Waals surface area (Å²) in [5, 5.41) is 0. The fourth-order valence-electron chi connectivity index (χ4n) is 3.77. The van der Waals surface area contributed by atoms with E-state index in [0.29, 0.717) is 19.6 Å². The maximum Gasteiger partial charge on any atom is 0.226 e. The number of amides is 1. The van der Waals surface area contributed by atoms with Crippen molar-refractivity contribution in [3.05, 3.63) is 53.9 Å². The fraction of sp³-hybridized carbons (Fsp3) is 0.524. The van der Waals surface area contributed by atoms with Gasteiger partial charge in [0.25, 0.3) is 0 Å². The van der Waals surface area contributed by atoms with Crippen molar-refractivity contribution in [3.63, 3.8) is 0 Å². The number of hydrogen-bond acceptors (Lipinski definition) is 3. The first kappa shape index (κ1) is 18.2. The van der Waals surface area contributed by atoms with Crippen molar-refractivity contribution in [1.29, 1.82) is 0 Å². The van der Waals surface area contributed by atoms with E-state index in [1.165, 1.54) is 12.1 Å². The molecule has 27 heavy (non-hydrogen) atoms. The average molecular weight is 371 g/mol. The van der Waals surface area contributed by atoms with Gasteiger partial charge in [0, 0.05) is 38.0 Å². The smallest absolute Gasteiger partial charge is 0.226 e. The molecule has 144 valence electrons. The SMILES string of the molecule is O=C(C1CCC1)N(Cc1nccn1Cc1ccc(F)cc1)C[C@H]1CCCO1. The summed E-state index contributed by atoms with van der Waals surface area (Å²) in [5.41, 5.74) is 1.01. The van der Waals surface area contributed by atoms with Crippen molar-refractivity contribution >= 4 is 5.91 Å².